The van der Waals surface area contributed by atoms with Gasteiger partial charge in [0, 0.05) is 36.8 Å². The highest BCUT2D eigenvalue weighted by atomic mass is 35.5. The van der Waals surface area contributed by atoms with Crippen molar-refractivity contribution in [2.45, 2.75) is 5.75 Å². The smallest absolute Gasteiger partial charge is 0.229 e. The molecule has 0 bridgehead atoms. The van der Waals surface area contributed by atoms with Gasteiger partial charge in [0.1, 0.15) is 10.8 Å². The highest BCUT2D eigenvalue weighted by Gasteiger charge is 2.16. The summed E-state index contributed by atoms with van der Waals surface area (Å²) in [5, 5.41) is 6.61. The summed E-state index contributed by atoms with van der Waals surface area (Å²) in [5.74, 6) is 1.21. The molecule has 0 amide bonds. The largest absolute Gasteiger partial charge is 0.494 e. The first-order valence-corrected chi connectivity index (χ1v) is 13.1. The van der Waals surface area contributed by atoms with Crippen molar-refractivity contribution in [2.24, 2.45) is 0 Å². The first-order valence-electron chi connectivity index (χ1n) is 10.7. The van der Waals surface area contributed by atoms with Gasteiger partial charge in [-0.25, -0.2) is 13.4 Å². The Morgan fingerprint density at radius 1 is 1.12 bits per heavy atom. The summed E-state index contributed by atoms with van der Waals surface area (Å²) in [7, 11) is -1.60. The Hall–Kier alpha value is -3.08. The minimum atomic E-state index is -3.21. The Labute approximate surface area is 204 Å². The number of rotatable bonds is 8. The fourth-order valence-corrected chi connectivity index (χ4v) is 4.57. The second-order valence-corrected chi connectivity index (χ2v) is 10.4. The van der Waals surface area contributed by atoms with Gasteiger partial charge in [0.15, 0.2) is 15.7 Å². The zero-order valence-electron chi connectivity index (χ0n) is 18.9. The molecule has 1 aliphatic rings. The van der Waals surface area contributed by atoms with Crippen LogP contribution < -0.4 is 20.3 Å². The molecule has 1 fully saturated rings. The Morgan fingerprint density at radius 3 is 2.62 bits per heavy atom. The van der Waals surface area contributed by atoms with Gasteiger partial charge in [0.2, 0.25) is 5.95 Å². The fraction of sp³-hybridized carbons (Fsp3) is 0.304. The second-order valence-electron chi connectivity index (χ2n) is 7.85. The van der Waals surface area contributed by atoms with Crippen LogP contribution in [-0.4, -0.2) is 58.1 Å². The maximum atomic E-state index is 11.8. The molecule has 0 atom stereocenters. The monoisotopic (exact) mass is 503 g/mol. The number of methoxy groups -OCH3 is 1. The van der Waals surface area contributed by atoms with Crippen LogP contribution in [0, 0.1) is 0 Å². The van der Waals surface area contributed by atoms with Gasteiger partial charge in [-0.3, -0.25) is 0 Å². The van der Waals surface area contributed by atoms with Crippen LogP contribution in [0.4, 0.5) is 28.8 Å². The lowest BCUT2D eigenvalue weighted by Gasteiger charge is -2.29. The number of para-hydroxylation sites is 1. The van der Waals surface area contributed by atoms with Crippen molar-refractivity contribution in [1.82, 2.24) is 9.97 Å². The predicted molar refractivity (Wildman–Crippen MR) is 135 cm³/mol. The number of morpholine rings is 1. The molecule has 180 valence electrons. The molecule has 4 rings (SSSR count). The van der Waals surface area contributed by atoms with E-state index in [1.54, 1.807) is 25.3 Å². The second kappa shape index (κ2) is 10.5. The van der Waals surface area contributed by atoms with Crippen molar-refractivity contribution in [3.05, 3.63) is 59.2 Å². The molecule has 0 aliphatic carbocycles. The standard InChI is InChI=1S/C23H26ClN5O4S/c1-32-21-13-17(29-9-11-33-12-10-29)7-8-20(21)27-23-25-14-18(24)22(28-23)26-19-6-4-3-5-16(19)15-34(2,30)31/h3-8,13-14H,9-12,15H2,1-2H3,(H2,25,26,27,28). The summed E-state index contributed by atoms with van der Waals surface area (Å²) in [5.41, 5.74) is 2.97. The van der Waals surface area contributed by atoms with Crippen LogP contribution in [0.3, 0.4) is 0 Å². The molecule has 34 heavy (non-hydrogen) atoms. The number of halogens is 1. The Bertz CT molecular complexity index is 1270. The maximum absolute atomic E-state index is 11.8. The van der Waals surface area contributed by atoms with Gasteiger partial charge in [-0.15, -0.1) is 0 Å². The van der Waals surface area contributed by atoms with Gasteiger partial charge in [-0.2, -0.15) is 4.98 Å². The molecular formula is C23H26ClN5O4S. The van der Waals surface area contributed by atoms with E-state index >= 15 is 0 Å². The zero-order chi connectivity index (χ0) is 24.1. The lowest BCUT2D eigenvalue weighted by Crippen LogP contribution is -2.36. The quantitative estimate of drug-likeness (QED) is 0.471. The highest BCUT2D eigenvalue weighted by Crippen LogP contribution is 2.33. The Morgan fingerprint density at radius 2 is 1.88 bits per heavy atom. The summed E-state index contributed by atoms with van der Waals surface area (Å²) in [6.45, 7) is 3.05. The third-order valence-electron chi connectivity index (χ3n) is 5.24. The van der Waals surface area contributed by atoms with Gasteiger partial charge in [0.05, 0.1) is 38.0 Å². The van der Waals surface area contributed by atoms with E-state index in [2.05, 4.69) is 25.5 Å². The molecule has 9 nitrogen and oxygen atoms in total. The van der Waals surface area contributed by atoms with E-state index in [4.69, 9.17) is 21.1 Å². The number of anilines is 5. The van der Waals surface area contributed by atoms with Crippen LogP contribution in [-0.2, 0) is 20.3 Å². The van der Waals surface area contributed by atoms with Gasteiger partial charge in [0.25, 0.3) is 0 Å². The molecule has 1 aliphatic heterocycles. The number of ether oxygens (including phenoxy) is 2. The minimum absolute atomic E-state index is 0.101. The molecule has 2 N–H and O–H groups in total. The van der Waals surface area contributed by atoms with E-state index in [0.29, 0.717) is 52.7 Å². The van der Waals surface area contributed by atoms with Crippen molar-refractivity contribution in [2.75, 3.05) is 55.2 Å². The number of aromatic nitrogens is 2. The third kappa shape index (κ3) is 6.07. The number of hydrogen-bond acceptors (Lipinski definition) is 9. The van der Waals surface area contributed by atoms with E-state index in [1.807, 2.05) is 24.3 Å². The van der Waals surface area contributed by atoms with Crippen molar-refractivity contribution in [1.29, 1.82) is 0 Å². The van der Waals surface area contributed by atoms with E-state index in [0.717, 1.165) is 18.8 Å². The van der Waals surface area contributed by atoms with Crippen LogP contribution in [0.1, 0.15) is 5.56 Å². The SMILES string of the molecule is COc1cc(N2CCOCC2)ccc1Nc1ncc(Cl)c(Nc2ccccc2CS(C)(=O)=O)n1. The molecule has 2 heterocycles. The molecular weight excluding hydrogens is 478 g/mol. The topological polar surface area (TPSA) is 106 Å². The molecule has 0 unspecified atom stereocenters. The van der Waals surface area contributed by atoms with Crippen LogP contribution in [0.5, 0.6) is 5.75 Å². The molecule has 1 aromatic heterocycles. The molecule has 0 radical (unpaired) electrons. The Balaban J connectivity index is 1.56. The van der Waals surface area contributed by atoms with Crippen LogP contribution in [0.25, 0.3) is 0 Å². The average molecular weight is 504 g/mol. The maximum Gasteiger partial charge on any atom is 0.229 e. The average Bonchev–Trinajstić information content (AvgIpc) is 2.82. The van der Waals surface area contributed by atoms with Crippen LogP contribution in [0.2, 0.25) is 5.02 Å². The third-order valence-corrected chi connectivity index (χ3v) is 6.35. The molecule has 3 aromatic rings. The fourth-order valence-electron chi connectivity index (χ4n) is 3.62. The predicted octanol–water partition coefficient (Wildman–Crippen LogP) is 4.01. The number of sulfone groups is 1. The summed E-state index contributed by atoms with van der Waals surface area (Å²) in [4.78, 5) is 11.0. The van der Waals surface area contributed by atoms with E-state index in [-0.39, 0.29) is 5.75 Å². The molecule has 1 saturated heterocycles. The van der Waals surface area contributed by atoms with Gasteiger partial charge >= 0.3 is 0 Å². The van der Waals surface area contributed by atoms with Crippen molar-refractivity contribution < 1.29 is 17.9 Å². The normalized spacial score (nSPS) is 14.0. The zero-order valence-corrected chi connectivity index (χ0v) is 20.5. The molecule has 0 spiro atoms. The number of nitrogens with one attached hydrogen (secondary N) is 2. The highest BCUT2D eigenvalue weighted by molar-refractivity contribution is 7.89. The minimum Gasteiger partial charge on any atom is -0.494 e. The van der Waals surface area contributed by atoms with Gasteiger partial charge in [-0.05, 0) is 23.8 Å². The van der Waals surface area contributed by atoms with E-state index in [9.17, 15) is 8.42 Å². The lowest BCUT2D eigenvalue weighted by molar-refractivity contribution is 0.122. The summed E-state index contributed by atoms with van der Waals surface area (Å²) >= 11 is 6.33. The molecule has 11 heteroatoms. The van der Waals surface area contributed by atoms with Crippen molar-refractivity contribution in [3.8, 4) is 5.75 Å². The summed E-state index contributed by atoms with van der Waals surface area (Å²) < 4.78 is 34.6. The summed E-state index contributed by atoms with van der Waals surface area (Å²) in [6, 6.07) is 13.0. The van der Waals surface area contributed by atoms with Crippen LogP contribution in [0.15, 0.2) is 48.7 Å². The van der Waals surface area contributed by atoms with E-state index < -0.39 is 9.84 Å². The summed E-state index contributed by atoms with van der Waals surface area (Å²) in [6.07, 6.45) is 2.67. The first kappa shape index (κ1) is 24.1. The molecule has 0 saturated carbocycles. The number of benzene rings is 2. The molecule has 2 aromatic carbocycles. The number of nitrogens with zero attached hydrogens (tertiary/aromatic N) is 3. The number of hydrogen-bond donors (Lipinski definition) is 2. The van der Waals surface area contributed by atoms with Crippen LogP contribution >= 0.6 is 11.6 Å². The van der Waals surface area contributed by atoms with Crippen molar-refractivity contribution in [3.63, 3.8) is 0 Å². The van der Waals surface area contributed by atoms with E-state index in [1.165, 1.54) is 12.5 Å². The van der Waals surface area contributed by atoms with Crippen molar-refractivity contribution >= 4 is 50.3 Å². The Kier molecular flexibility index (Phi) is 7.40. The van der Waals surface area contributed by atoms with Gasteiger partial charge in [-0.1, -0.05) is 29.8 Å². The van der Waals surface area contributed by atoms with Gasteiger partial charge < -0.3 is 25.0 Å². The lowest BCUT2D eigenvalue weighted by atomic mass is 10.2. The first-order chi connectivity index (χ1) is 16.3.